The van der Waals surface area contributed by atoms with E-state index in [9.17, 15) is 0 Å². The second kappa shape index (κ2) is 10.6. The lowest BCUT2D eigenvalue weighted by atomic mass is 9.81. The Balaban J connectivity index is 1.63. The van der Waals surface area contributed by atoms with Gasteiger partial charge in [0.1, 0.15) is 11.0 Å². The van der Waals surface area contributed by atoms with E-state index in [1.807, 2.05) is 0 Å². The minimum absolute atomic E-state index is 0.990. The zero-order valence-corrected chi connectivity index (χ0v) is 30.7. The number of nitrogens with zero attached hydrogens (tertiary/aromatic N) is 6. The molecule has 6 rings (SSSR count). The molecule has 6 nitrogen and oxygen atoms in total. The summed E-state index contributed by atoms with van der Waals surface area (Å²) in [6.45, 7) is 35.6. The van der Waals surface area contributed by atoms with E-state index in [0.717, 1.165) is 33.4 Å². The van der Waals surface area contributed by atoms with Crippen LogP contribution in [0.5, 0.6) is 0 Å². The molecule has 6 heteroatoms. The topological polar surface area (TPSA) is 61.4 Å². The standard InChI is InChI=1S/C40H48N6/c1-17-19(3)27(11)39-35(25(17)9)41-43-45(39)37-29(13)21(5)33(22(6)30(37)14)34-23(7)31(15)38(32(16)24(34)8)46-40-28(12)20(4)18(2)26(10)36(40)42-44-46/h1-16H3. The molecule has 0 spiro atoms. The van der Waals surface area contributed by atoms with Crippen molar-refractivity contribution < 1.29 is 0 Å². The molecule has 0 amide bonds. The van der Waals surface area contributed by atoms with Gasteiger partial charge in [-0.2, -0.15) is 0 Å². The van der Waals surface area contributed by atoms with Gasteiger partial charge in [-0.1, -0.05) is 10.4 Å². The van der Waals surface area contributed by atoms with E-state index in [-0.39, 0.29) is 0 Å². The van der Waals surface area contributed by atoms with Crippen LogP contribution in [-0.4, -0.2) is 30.0 Å². The molecule has 0 saturated heterocycles. The summed E-state index contributed by atoms with van der Waals surface area (Å²) < 4.78 is 4.20. The Morgan fingerprint density at radius 3 is 0.826 bits per heavy atom. The van der Waals surface area contributed by atoms with Gasteiger partial charge in [-0.05, 0) is 211 Å². The van der Waals surface area contributed by atoms with Gasteiger partial charge in [-0.25, -0.2) is 9.36 Å². The van der Waals surface area contributed by atoms with Crippen molar-refractivity contribution in [2.75, 3.05) is 0 Å². The predicted molar refractivity (Wildman–Crippen MR) is 193 cm³/mol. The Morgan fingerprint density at radius 1 is 0.283 bits per heavy atom. The normalized spacial score (nSPS) is 11.9. The lowest BCUT2D eigenvalue weighted by Crippen LogP contribution is -2.12. The molecule has 6 aromatic rings. The van der Waals surface area contributed by atoms with Crippen LogP contribution in [0.1, 0.15) is 89.0 Å². The summed E-state index contributed by atoms with van der Waals surface area (Å²) in [5, 5.41) is 19.0. The van der Waals surface area contributed by atoms with E-state index in [2.05, 4.69) is 120 Å². The summed E-state index contributed by atoms with van der Waals surface area (Å²) in [6, 6.07) is 0. The summed E-state index contributed by atoms with van der Waals surface area (Å²) in [5.41, 5.74) is 29.3. The first-order valence-electron chi connectivity index (χ1n) is 16.4. The predicted octanol–water partition coefficient (Wildman–Crippen LogP) is 9.76. The highest BCUT2D eigenvalue weighted by Gasteiger charge is 2.27. The van der Waals surface area contributed by atoms with E-state index >= 15 is 0 Å². The van der Waals surface area contributed by atoms with Crippen LogP contribution >= 0.6 is 0 Å². The van der Waals surface area contributed by atoms with Gasteiger partial charge >= 0.3 is 0 Å². The number of aromatic nitrogens is 6. The first-order chi connectivity index (χ1) is 21.5. The highest BCUT2D eigenvalue weighted by Crippen LogP contribution is 2.44. The zero-order chi connectivity index (χ0) is 33.8. The van der Waals surface area contributed by atoms with Crippen molar-refractivity contribution in [3.63, 3.8) is 0 Å². The smallest absolute Gasteiger partial charge is 0.117 e. The van der Waals surface area contributed by atoms with Crippen LogP contribution in [0.4, 0.5) is 0 Å². The summed E-state index contributed by atoms with van der Waals surface area (Å²) >= 11 is 0. The van der Waals surface area contributed by atoms with Crippen LogP contribution < -0.4 is 0 Å². The molecule has 0 aliphatic rings. The third-order valence-corrected chi connectivity index (χ3v) is 12.0. The number of aryl methyl sites for hydroxylation is 4. The monoisotopic (exact) mass is 612 g/mol. The van der Waals surface area contributed by atoms with Crippen LogP contribution in [0.15, 0.2) is 0 Å². The molecule has 0 aliphatic carbocycles. The summed E-state index contributed by atoms with van der Waals surface area (Å²) in [7, 11) is 0. The van der Waals surface area contributed by atoms with Crippen LogP contribution in [0.2, 0.25) is 0 Å². The van der Waals surface area contributed by atoms with Gasteiger partial charge in [-0.15, -0.1) is 10.2 Å². The molecule has 0 bridgehead atoms. The minimum Gasteiger partial charge on any atom is -0.212 e. The van der Waals surface area contributed by atoms with Crippen LogP contribution in [0.3, 0.4) is 0 Å². The maximum atomic E-state index is 4.78. The Morgan fingerprint density at radius 2 is 0.543 bits per heavy atom. The molecule has 0 radical (unpaired) electrons. The molecule has 238 valence electrons. The molecule has 46 heavy (non-hydrogen) atoms. The molecular formula is C40H48N6. The highest BCUT2D eigenvalue weighted by atomic mass is 15.4. The van der Waals surface area contributed by atoms with Gasteiger partial charge in [0, 0.05) is 0 Å². The third-order valence-electron chi connectivity index (χ3n) is 12.0. The second-order valence-electron chi connectivity index (χ2n) is 13.8. The quantitative estimate of drug-likeness (QED) is 0.200. The molecular weight excluding hydrogens is 564 g/mol. The molecule has 2 aromatic heterocycles. The van der Waals surface area contributed by atoms with Crippen molar-refractivity contribution >= 4 is 22.1 Å². The molecule has 4 aromatic carbocycles. The van der Waals surface area contributed by atoms with Crippen molar-refractivity contribution in [2.45, 2.75) is 111 Å². The molecule has 0 unspecified atom stereocenters. The molecule has 2 heterocycles. The minimum atomic E-state index is 0.990. The number of rotatable bonds is 3. The second-order valence-corrected chi connectivity index (χ2v) is 13.8. The highest BCUT2D eigenvalue weighted by molar-refractivity contribution is 5.90. The number of hydrogen-bond acceptors (Lipinski definition) is 4. The fraction of sp³-hybridized carbons (Fsp3) is 0.400. The van der Waals surface area contributed by atoms with Gasteiger partial charge < -0.3 is 0 Å². The fourth-order valence-electron chi connectivity index (χ4n) is 7.86. The molecule has 0 fully saturated rings. The lowest BCUT2D eigenvalue weighted by molar-refractivity contribution is 0.808. The average Bonchev–Trinajstić information content (AvgIpc) is 3.66. The zero-order valence-electron chi connectivity index (χ0n) is 30.7. The summed E-state index contributed by atoms with van der Waals surface area (Å²) in [5.74, 6) is 0. The Kier molecular flexibility index (Phi) is 7.30. The maximum Gasteiger partial charge on any atom is 0.117 e. The third kappa shape index (κ3) is 4.01. The summed E-state index contributed by atoms with van der Waals surface area (Å²) in [6.07, 6.45) is 0. The Labute approximate surface area is 273 Å². The van der Waals surface area contributed by atoms with Crippen molar-refractivity contribution in [3.05, 3.63) is 89.0 Å². The van der Waals surface area contributed by atoms with E-state index < -0.39 is 0 Å². The van der Waals surface area contributed by atoms with E-state index in [1.165, 1.54) is 100 Å². The number of hydrogen-bond donors (Lipinski definition) is 0. The number of benzene rings is 4. The van der Waals surface area contributed by atoms with Crippen molar-refractivity contribution in [1.29, 1.82) is 0 Å². The summed E-state index contributed by atoms with van der Waals surface area (Å²) in [4.78, 5) is 0. The first-order valence-corrected chi connectivity index (χ1v) is 16.4. The molecule has 0 saturated carbocycles. The largest absolute Gasteiger partial charge is 0.212 e. The van der Waals surface area contributed by atoms with Gasteiger partial charge in [0.15, 0.2) is 0 Å². The average molecular weight is 613 g/mol. The fourth-order valence-corrected chi connectivity index (χ4v) is 7.86. The van der Waals surface area contributed by atoms with Crippen molar-refractivity contribution in [1.82, 2.24) is 30.0 Å². The van der Waals surface area contributed by atoms with Gasteiger partial charge in [0.2, 0.25) is 0 Å². The van der Waals surface area contributed by atoms with Crippen LogP contribution in [-0.2, 0) is 0 Å². The Bertz CT molecular complexity index is 2090. The van der Waals surface area contributed by atoms with E-state index in [1.54, 1.807) is 0 Å². The van der Waals surface area contributed by atoms with Gasteiger partial charge in [-0.3, -0.25) is 0 Å². The van der Waals surface area contributed by atoms with E-state index in [0.29, 0.717) is 0 Å². The van der Waals surface area contributed by atoms with Crippen molar-refractivity contribution in [3.8, 4) is 22.5 Å². The van der Waals surface area contributed by atoms with Crippen molar-refractivity contribution in [2.24, 2.45) is 0 Å². The molecule has 0 aliphatic heterocycles. The van der Waals surface area contributed by atoms with E-state index in [4.69, 9.17) is 20.6 Å². The number of fused-ring (bicyclic) bond motifs is 2. The van der Waals surface area contributed by atoms with Crippen LogP contribution in [0, 0.1) is 111 Å². The lowest BCUT2D eigenvalue weighted by Gasteiger charge is -2.26. The molecule has 0 atom stereocenters. The van der Waals surface area contributed by atoms with Gasteiger partial charge in [0.25, 0.3) is 0 Å². The maximum absolute atomic E-state index is 4.78. The first kappa shape index (κ1) is 31.7. The molecule has 0 N–H and O–H groups in total. The SMILES string of the molecule is Cc1c(C)c(-n2nnc3c(C)c(C)c(C)c(C)c32)c(C)c(C)c1-c1c(C)c(C)c(-n2nnc3c(C)c(C)c(C)c(C)c32)c(C)c1C. The van der Waals surface area contributed by atoms with Crippen LogP contribution in [0.25, 0.3) is 44.6 Å². The Hall–Kier alpha value is -4.32. The van der Waals surface area contributed by atoms with Gasteiger partial charge in [0.05, 0.1) is 22.4 Å².